The van der Waals surface area contributed by atoms with Crippen molar-refractivity contribution in [2.45, 2.75) is 32.9 Å². The van der Waals surface area contributed by atoms with Gasteiger partial charge in [0.15, 0.2) is 0 Å². The number of aliphatic hydroxyl groups excluding tert-OH is 1. The zero-order valence-corrected chi connectivity index (χ0v) is 8.28. The lowest BCUT2D eigenvalue weighted by Crippen LogP contribution is -2.25. The minimum absolute atomic E-state index is 0.283. The van der Waals surface area contributed by atoms with E-state index in [1.165, 1.54) is 0 Å². The van der Waals surface area contributed by atoms with Crippen LogP contribution in [-0.4, -0.2) is 16.1 Å². The standard InChI is InChI=1S/C10H16N2O/c1-6-4-5-9(12-8(6)3)10(13)7(2)11/h4-5,7,10,13H,11H2,1-3H3. The first-order valence-corrected chi connectivity index (χ1v) is 4.40. The van der Waals surface area contributed by atoms with Crippen molar-refractivity contribution in [3.8, 4) is 0 Å². The van der Waals surface area contributed by atoms with Crippen LogP contribution in [0.5, 0.6) is 0 Å². The molecule has 1 aromatic heterocycles. The summed E-state index contributed by atoms with van der Waals surface area (Å²) in [5.41, 5.74) is 8.28. The molecular weight excluding hydrogens is 164 g/mol. The van der Waals surface area contributed by atoms with Gasteiger partial charge in [-0.1, -0.05) is 6.07 Å². The third-order valence-corrected chi connectivity index (χ3v) is 2.17. The largest absolute Gasteiger partial charge is 0.385 e. The fourth-order valence-electron chi connectivity index (χ4n) is 1.08. The molecule has 0 aromatic carbocycles. The number of aromatic nitrogens is 1. The fraction of sp³-hybridized carbons (Fsp3) is 0.500. The molecule has 3 heteroatoms. The molecule has 13 heavy (non-hydrogen) atoms. The molecule has 0 amide bonds. The highest BCUT2D eigenvalue weighted by Gasteiger charge is 2.13. The molecule has 0 radical (unpaired) electrons. The summed E-state index contributed by atoms with van der Waals surface area (Å²) in [6, 6.07) is 3.48. The van der Waals surface area contributed by atoms with Crippen molar-refractivity contribution in [1.82, 2.24) is 4.98 Å². The SMILES string of the molecule is Cc1ccc(C(O)C(C)N)nc1C. The van der Waals surface area contributed by atoms with Crippen LogP contribution >= 0.6 is 0 Å². The van der Waals surface area contributed by atoms with E-state index >= 15 is 0 Å². The van der Waals surface area contributed by atoms with Crippen LogP contribution in [0.2, 0.25) is 0 Å². The average Bonchev–Trinajstić information content (AvgIpc) is 2.08. The van der Waals surface area contributed by atoms with Crippen LogP contribution in [-0.2, 0) is 0 Å². The third-order valence-electron chi connectivity index (χ3n) is 2.17. The quantitative estimate of drug-likeness (QED) is 0.716. The highest BCUT2D eigenvalue weighted by Crippen LogP contribution is 2.14. The van der Waals surface area contributed by atoms with E-state index in [0.717, 1.165) is 11.3 Å². The van der Waals surface area contributed by atoms with Crippen LogP contribution in [0.25, 0.3) is 0 Å². The van der Waals surface area contributed by atoms with Crippen molar-refractivity contribution >= 4 is 0 Å². The molecule has 0 fully saturated rings. The molecule has 1 aromatic rings. The van der Waals surface area contributed by atoms with Gasteiger partial charge in [0, 0.05) is 11.7 Å². The molecule has 2 unspecified atom stereocenters. The Bertz CT molecular complexity index is 297. The molecule has 0 aliphatic heterocycles. The molecule has 0 spiro atoms. The summed E-state index contributed by atoms with van der Waals surface area (Å²) in [5, 5.41) is 9.63. The number of nitrogens with zero attached hydrogens (tertiary/aromatic N) is 1. The maximum Gasteiger partial charge on any atom is 0.111 e. The Hall–Kier alpha value is -0.930. The van der Waals surface area contributed by atoms with Gasteiger partial charge < -0.3 is 10.8 Å². The van der Waals surface area contributed by atoms with E-state index < -0.39 is 6.10 Å². The van der Waals surface area contributed by atoms with E-state index in [1.54, 1.807) is 6.92 Å². The van der Waals surface area contributed by atoms with Gasteiger partial charge in [-0.25, -0.2) is 0 Å². The van der Waals surface area contributed by atoms with Gasteiger partial charge in [-0.2, -0.15) is 0 Å². The van der Waals surface area contributed by atoms with Crippen LogP contribution < -0.4 is 5.73 Å². The Morgan fingerprint density at radius 3 is 2.46 bits per heavy atom. The number of nitrogens with two attached hydrogens (primary N) is 1. The van der Waals surface area contributed by atoms with Crippen LogP contribution in [0.15, 0.2) is 12.1 Å². The lowest BCUT2D eigenvalue weighted by atomic mass is 10.1. The van der Waals surface area contributed by atoms with E-state index in [0.29, 0.717) is 5.69 Å². The van der Waals surface area contributed by atoms with Crippen LogP contribution in [0.1, 0.15) is 30.0 Å². The van der Waals surface area contributed by atoms with Gasteiger partial charge in [-0.15, -0.1) is 0 Å². The van der Waals surface area contributed by atoms with Crippen molar-refractivity contribution in [2.24, 2.45) is 5.73 Å². The molecule has 0 aliphatic carbocycles. The predicted molar refractivity (Wildman–Crippen MR) is 52.3 cm³/mol. The van der Waals surface area contributed by atoms with Crippen molar-refractivity contribution in [3.63, 3.8) is 0 Å². The van der Waals surface area contributed by atoms with Gasteiger partial charge in [0.25, 0.3) is 0 Å². The second-order valence-corrected chi connectivity index (χ2v) is 3.44. The van der Waals surface area contributed by atoms with Crippen LogP contribution in [0, 0.1) is 13.8 Å². The second-order valence-electron chi connectivity index (χ2n) is 3.44. The Morgan fingerprint density at radius 2 is 2.00 bits per heavy atom. The molecule has 1 rings (SSSR count). The van der Waals surface area contributed by atoms with Gasteiger partial charge in [0.2, 0.25) is 0 Å². The average molecular weight is 180 g/mol. The molecule has 3 nitrogen and oxygen atoms in total. The molecule has 0 bridgehead atoms. The summed E-state index contributed by atoms with van der Waals surface area (Å²) in [6.45, 7) is 5.68. The van der Waals surface area contributed by atoms with E-state index in [2.05, 4.69) is 4.98 Å². The van der Waals surface area contributed by atoms with E-state index in [9.17, 15) is 5.11 Å². The summed E-state index contributed by atoms with van der Waals surface area (Å²) in [5.74, 6) is 0. The number of hydrogen-bond donors (Lipinski definition) is 2. The molecule has 0 saturated carbocycles. The van der Waals surface area contributed by atoms with Gasteiger partial charge in [0.1, 0.15) is 6.10 Å². The smallest absolute Gasteiger partial charge is 0.111 e. The monoisotopic (exact) mass is 180 g/mol. The molecular formula is C10H16N2O. The molecule has 72 valence electrons. The Morgan fingerprint density at radius 1 is 1.38 bits per heavy atom. The lowest BCUT2D eigenvalue weighted by molar-refractivity contribution is 0.148. The number of rotatable bonds is 2. The highest BCUT2D eigenvalue weighted by molar-refractivity contribution is 5.21. The Kier molecular flexibility index (Phi) is 3.01. The minimum atomic E-state index is -0.667. The van der Waals surface area contributed by atoms with Crippen molar-refractivity contribution in [2.75, 3.05) is 0 Å². The van der Waals surface area contributed by atoms with Gasteiger partial charge in [-0.3, -0.25) is 4.98 Å². The molecule has 0 saturated heterocycles. The first-order valence-electron chi connectivity index (χ1n) is 4.40. The zero-order valence-electron chi connectivity index (χ0n) is 8.28. The zero-order chi connectivity index (χ0) is 10.0. The predicted octanol–water partition coefficient (Wildman–Crippen LogP) is 1.08. The number of aryl methyl sites for hydroxylation is 2. The normalized spacial score (nSPS) is 15.5. The molecule has 0 aliphatic rings. The number of aliphatic hydroxyl groups is 1. The van der Waals surface area contributed by atoms with Crippen molar-refractivity contribution < 1.29 is 5.11 Å². The lowest BCUT2D eigenvalue weighted by Gasteiger charge is -2.14. The summed E-state index contributed by atoms with van der Waals surface area (Å²) < 4.78 is 0. The first kappa shape index (κ1) is 10.2. The van der Waals surface area contributed by atoms with Gasteiger partial charge >= 0.3 is 0 Å². The fourth-order valence-corrected chi connectivity index (χ4v) is 1.08. The third kappa shape index (κ3) is 2.26. The van der Waals surface area contributed by atoms with Crippen LogP contribution in [0.4, 0.5) is 0 Å². The summed E-state index contributed by atoms with van der Waals surface area (Å²) >= 11 is 0. The summed E-state index contributed by atoms with van der Waals surface area (Å²) in [7, 11) is 0. The second kappa shape index (κ2) is 3.85. The Balaban J connectivity index is 2.97. The first-order chi connectivity index (χ1) is 6.02. The van der Waals surface area contributed by atoms with E-state index in [-0.39, 0.29) is 6.04 Å². The number of hydrogen-bond acceptors (Lipinski definition) is 3. The molecule has 2 atom stereocenters. The number of pyridine rings is 1. The Labute approximate surface area is 78.6 Å². The van der Waals surface area contributed by atoms with Crippen molar-refractivity contribution in [3.05, 3.63) is 29.1 Å². The maximum atomic E-state index is 9.63. The van der Waals surface area contributed by atoms with Gasteiger partial charge in [0.05, 0.1) is 5.69 Å². The van der Waals surface area contributed by atoms with Gasteiger partial charge in [-0.05, 0) is 32.4 Å². The summed E-state index contributed by atoms with van der Waals surface area (Å²) in [4.78, 5) is 4.26. The minimum Gasteiger partial charge on any atom is -0.385 e. The summed E-state index contributed by atoms with van der Waals surface area (Å²) in [6.07, 6.45) is -0.667. The molecule has 1 heterocycles. The van der Waals surface area contributed by atoms with E-state index in [4.69, 9.17) is 5.73 Å². The molecule has 3 N–H and O–H groups in total. The van der Waals surface area contributed by atoms with E-state index in [1.807, 2.05) is 26.0 Å². The van der Waals surface area contributed by atoms with Crippen LogP contribution in [0.3, 0.4) is 0 Å². The highest BCUT2D eigenvalue weighted by atomic mass is 16.3. The topological polar surface area (TPSA) is 59.1 Å². The van der Waals surface area contributed by atoms with Crippen molar-refractivity contribution in [1.29, 1.82) is 0 Å². The maximum absolute atomic E-state index is 9.63.